The molecule has 34 heavy (non-hydrogen) atoms. The second kappa shape index (κ2) is 11.2. The first-order chi connectivity index (χ1) is 16.1. The van der Waals surface area contributed by atoms with E-state index < -0.39 is 0 Å². The molecule has 2 aromatic rings. The third-order valence-electron chi connectivity index (χ3n) is 6.21. The predicted octanol–water partition coefficient (Wildman–Crippen LogP) is 4.82. The maximum absolute atomic E-state index is 13.1. The zero-order valence-corrected chi connectivity index (χ0v) is 22.1. The summed E-state index contributed by atoms with van der Waals surface area (Å²) in [7, 11) is 4.06. The number of amides is 1. The summed E-state index contributed by atoms with van der Waals surface area (Å²) < 4.78 is 0. The fourth-order valence-corrected chi connectivity index (χ4v) is 4.31. The smallest absolute Gasteiger partial charge is 0.273 e. The van der Waals surface area contributed by atoms with E-state index in [4.69, 9.17) is 4.98 Å². The summed E-state index contributed by atoms with van der Waals surface area (Å²) in [6.45, 7) is 15.1. The van der Waals surface area contributed by atoms with Crippen LogP contribution in [0.2, 0.25) is 0 Å². The van der Waals surface area contributed by atoms with E-state index in [1.54, 1.807) is 0 Å². The molecule has 7 heteroatoms. The third kappa shape index (κ3) is 6.26. The summed E-state index contributed by atoms with van der Waals surface area (Å²) >= 11 is 0. The average molecular weight is 467 g/mol. The number of nitrogens with zero attached hydrogens (tertiary/aromatic N) is 4. The Morgan fingerprint density at radius 3 is 2.26 bits per heavy atom. The van der Waals surface area contributed by atoms with Crippen LogP contribution in [0.15, 0.2) is 24.3 Å². The van der Waals surface area contributed by atoms with E-state index in [1.807, 2.05) is 32.8 Å². The number of hydrogen-bond donors (Lipinski definition) is 2. The lowest BCUT2D eigenvalue weighted by Gasteiger charge is -2.25. The molecule has 3 rings (SSSR count). The molecule has 0 radical (unpaired) electrons. The quantitative estimate of drug-likeness (QED) is 0.495. The Balaban J connectivity index is 1.93. The number of carbonyl (C=O) groups is 1. The van der Waals surface area contributed by atoms with E-state index in [-0.39, 0.29) is 18.0 Å². The maximum atomic E-state index is 13.1. The molecule has 0 saturated carbocycles. The molecular formula is C27H42N6O. The van der Waals surface area contributed by atoms with Crippen molar-refractivity contribution in [3.8, 4) is 0 Å². The Hall–Kier alpha value is -2.67. The van der Waals surface area contributed by atoms with Gasteiger partial charge >= 0.3 is 0 Å². The minimum absolute atomic E-state index is 0.0229. The lowest BCUT2D eigenvalue weighted by Crippen LogP contribution is -2.31. The van der Waals surface area contributed by atoms with Gasteiger partial charge in [-0.15, -0.1) is 0 Å². The highest BCUT2D eigenvalue weighted by molar-refractivity contribution is 5.98. The summed E-state index contributed by atoms with van der Waals surface area (Å²) in [5, 5.41) is 7.00. The van der Waals surface area contributed by atoms with Crippen LogP contribution in [0.25, 0.3) is 0 Å². The number of rotatable bonds is 11. The highest BCUT2D eigenvalue weighted by atomic mass is 16.2. The van der Waals surface area contributed by atoms with Gasteiger partial charge in [0, 0.05) is 24.7 Å². The molecular weight excluding hydrogens is 424 g/mol. The summed E-state index contributed by atoms with van der Waals surface area (Å²) in [6.07, 6.45) is 1.08. The minimum Gasteiger partial charge on any atom is -0.363 e. The van der Waals surface area contributed by atoms with E-state index in [9.17, 15) is 4.79 Å². The highest BCUT2D eigenvalue weighted by Crippen LogP contribution is 2.33. The van der Waals surface area contributed by atoms with E-state index >= 15 is 0 Å². The second-order valence-corrected chi connectivity index (χ2v) is 10.7. The van der Waals surface area contributed by atoms with Crippen LogP contribution in [0.1, 0.15) is 74.8 Å². The van der Waals surface area contributed by atoms with Crippen LogP contribution in [0.5, 0.6) is 0 Å². The Morgan fingerprint density at radius 2 is 1.71 bits per heavy atom. The number of anilines is 2. The van der Waals surface area contributed by atoms with Crippen LogP contribution in [0, 0.1) is 11.8 Å². The molecule has 1 unspecified atom stereocenters. The topological polar surface area (TPSA) is 73.4 Å². The molecule has 1 amide bonds. The molecule has 0 saturated heterocycles. The van der Waals surface area contributed by atoms with Gasteiger partial charge < -0.3 is 20.4 Å². The van der Waals surface area contributed by atoms with Crippen molar-refractivity contribution in [2.45, 2.75) is 66.6 Å². The fraction of sp³-hybridized carbons (Fsp3) is 0.593. The van der Waals surface area contributed by atoms with Crippen molar-refractivity contribution in [2.75, 3.05) is 37.8 Å². The first-order valence-electron chi connectivity index (χ1n) is 12.5. The molecule has 1 aliphatic heterocycles. The lowest BCUT2D eigenvalue weighted by atomic mass is 9.93. The van der Waals surface area contributed by atoms with Crippen molar-refractivity contribution < 1.29 is 4.79 Å². The standard InChI is InChI=1S/C27H42N6O/c1-17(2)15-20-9-11-21(12-10-20)23(18(3)4)29-25-22-16-33(19(5)6)26(34)24(22)30-27(31-25)28-13-14-32(7)8/h9-12,17-19,23H,13-16H2,1-8H3,(H2,28,29,30,31). The molecule has 0 fully saturated rings. The van der Waals surface area contributed by atoms with Crippen molar-refractivity contribution in [3.05, 3.63) is 46.6 Å². The van der Waals surface area contributed by atoms with Crippen molar-refractivity contribution in [2.24, 2.45) is 11.8 Å². The molecule has 0 bridgehead atoms. The van der Waals surface area contributed by atoms with E-state index in [0.29, 0.717) is 36.6 Å². The van der Waals surface area contributed by atoms with Crippen LogP contribution in [-0.4, -0.2) is 58.9 Å². The fourth-order valence-electron chi connectivity index (χ4n) is 4.31. The van der Waals surface area contributed by atoms with Crippen molar-refractivity contribution >= 4 is 17.7 Å². The van der Waals surface area contributed by atoms with E-state index in [2.05, 4.69) is 72.5 Å². The Morgan fingerprint density at radius 1 is 1.03 bits per heavy atom. The van der Waals surface area contributed by atoms with Gasteiger partial charge in [0.2, 0.25) is 5.95 Å². The zero-order chi connectivity index (χ0) is 25.0. The first-order valence-corrected chi connectivity index (χ1v) is 12.5. The van der Waals surface area contributed by atoms with Crippen LogP contribution in [-0.2, 0) is 13.0 Å². The van der Waals surface area contributed by atoms with Crippen LogP contribution in [0.4, 0.5) is 11.8 Å². The normalized spacial score (nSPS) is 14.5. The zero-order valence-electron chi connectivity index (χ0n) is 22.1. The van der Waals surface area contributed by atoms with E-state index in [0.717, 1.165) is 24.3 Å². The summed E-state index contributed by atoms with van der Waals surface area (Å²) in [5.41, 5.74) is 3.98. The lowest BCUT2D eigenvalue weighted by molar-refractivity contribution is 0.0726. The first kappa shape index (κ1) is 25.9. The van der Waals surface area contributed by atoms with Gasteiger partial charge in [0.1, 0.15) is 11.5 Å². The van der Waals surface area contributed by atoms with Gasteiger partial charge in [0.15, 0.2) is 0 Å². The van der Waals surface area contributed by atoms with Crippen molar-refractivity contribution in [1.82, 2.24) is 19.8 Å². The SMILES string of the molecule is CC(C)Cc1ccc(C(Nc2nc(NCCN(C)C)nc3c2CN(C(C)C)C3=O)C(C)C)cc1. The molecule has 186 valence electrons. The number of likely N-dealkylation sites (N-methyl/N-ethyl adjacent to an activating group) is 1. The largest absolute Gasteiger partial charge is 0.363 e. The number of carbonyl (C=O) groups excluding carboxylic acids is 1. The molecule has 1 aromatic carbocycles. The molecule has 2 heterocycles. The number of aromatic nitrogens is 2. The van der Waals surface area contributed by atoms with Crippen molar-refractivity contribution in [1.29, 1.82) is 0 Å². The number of fused-ring (bicyclic) bond motifs is 1. The van der Waals surface area contributed by atoms with Gasteiger partial charge in [0.25, 0.3) is 5.91 Å². The highest BCUT2D eigenvalue weighted by Gasteiger charge is 2.35. The monoisotopic (exact) mass is 466 g/mol. The van der Waals surface area contributed by atoms with Crippen LogP contribution in [0.3, 0.4) is 0 Å². The number of benzene rings is 1. The third-order valence-corrected chi connectivity index (χ3v) is 6.21. The van der Waals surface area contributed by atoms with Gasteiger partial charge in [-0.25, -0.2) is 4.98 Å². The Bertz CT molecular complexity index is 968. The summed E-state index contributed by atoms with van der Waals surface area (Å²) in [4.78, 5) is 26.5. The molecule has 0 spiro atoms. The maximum Gasteiger partial charge on any atom is 0.273 e. The molecule has 2 N–H and O–H groups in total. The Kier molecular flexibility index (Phi) is 8.52. The molecule has 1 aliphatic rings. The molecule has 0 aliphatic carbocycles. The molecule has 1 atom stereocenters. The number of hydrogen-bond acceptors (Lipinski definition) is 6. The van der Waals surface area contributed by atoms with Crippen LogP contribution < -0.4 is 10.6 Å². The van der Waals surface area contributed by atoms with Crippen molar-refractivity contribution in [3.63, 3.8) is 0 Å². The van der Waals surface area contributed by atoms with E-state index in [1.165, 1.54) is 11.1 Å². The van der Waals surface area contributed by atoms with Gasteiger partial charge in [0.05, 0.1) is 12.6 Å². The average Bonchev–Trinajstić information content (AvgIpc) is 3.09. The summed E-state index contributed by atoms with van der Waals surface area (Å²) in [5.74, 6) is 2.19. The number of nitrogens with one attached hydrogen (secondary N) is 2. The minimum atomic E-state index is -0.0229. The van der Waals surface area contributed by atoms with Gasteiger partial charge in [-0.05, 0) is 57.3 Å². The van der Waals surface area contributed by atoms with Gasteiger partial charge in [-0.1, -0.05) is 52.0 Å². The molecule has 7 nitrogen and oxygen atoms in total. The van der Waals surface area contributed by atoms with Crippen LogP contribution >= 0.6 is 0 Å². The van der Waals surface area contributed by atoms with Gasteiger partial charge in [-0.2, -0.15) is 4.98 Å². The predicted molar refractivity (Wildman–Crippen MR) is 140 cm³/mol. The second-order valence-electron chi connectivity index (χ2n) is 10.7. The molecule has 1 aromatic heterocycles. The van der Waals surface area contributed by atoms with Gasteiger partial charge in [-0.3, -0.25) is 4.79 Å². The summed E-state index contributed by atoms with van der Waals surface area (Å²) in [6, 6.07) is 9.08. The Labute approximate surface area is 205 Å².